The Bertz CT molecular complexity index is 649. The Morgan fingerprint density at radius 3 is 1.77 bits per heavy atom. The molecule has 0 aliphatic carbocycles. The summed E-state index contributed by atoms with van der Waals surface area (Å²) in [5, 5.41) is 20.1. The second kappa shape index (κ2) is 11.2. The van der Waals surface area contributed by atoms with E-state index in [1.54, 1.807) is 55.4 Å². The fraction of sp³-hybridized carbons (Fsp3) is 0.810. The van der Waals surface area contributed by atoms with Gasteiger partial charge in [0.2, 0.25) is 0 Å². The van der Waals surface area contributed by atoms with Gasteiger partial charge in [0, 0.05) is 6.04 Å². The van der Waals surface area contributed by atoms with Crippen molar-refractivity contribution in [3.63, 3.8) is 0 Å². The number of amides is 2. The van der Waals surface area contributed by atoms with Crippen molar-refractivity contribution >= 4 is 24.1 Å². The van der Waals surface area contributed by atoms with Crippen LogP contribution in [-0.4, -0.2) is 68.6 Å². The van der Waals surface area contributed by atoms with Gasteiger partial charge in [0.25, 0.3) is 0 Å². The van der Waals surface area contributed by atoms with Crippen molar-refractivity contribution < 1.29 is 38.9 Å². The van der Waals surface area contributed by atoms with Gasteiger partial charge < -0.3 is 25.0 Å². The summed E-state index contributed by atoms with van der Waals surface area (Å²) in [5.41, 5.74) is -1.22. The van der Waals surface area contributed by atoms with Crippen LogP contribution >= 0.6 is 0 Å². The van der Waals surface area contributed by atoms with E-state index in [0.29, 0.717) is 12.8 Å². The molecule has 1 aliphatic rings. The Hall–Kier alpha value is -2.52. The molecule has 10 heteroatoms. The first-order chi connectivity index (χ1) is 13.9. The van der Waals surface area contributed by atoms with Gasteiger partial charge in [-0.25, -0.2) is 19.2 Å². The maximum atomic E-state index is 11.8. The monoisotopic (exact) mass is 446 g/mol. The largest absolute Gasteiger partial charge is 0.480 e. The minimum Gasteiger partial charge on any atom is -0.480 e. The summed E-state index contributed by atoms with van der Waals surface area (Å²) < 4.78 is 10.2. The first kappa shape index (κ1) is 28.5. The third-order valence-electron chi connectivity index (χ3n) is 4.16. The molecule has 1 saturated heterocycles. The summed E-state index contributed by atoms with van der Waals surface area (Å²) >= 11 is 0. The van der Waals surface area contributed by atoms with Gasteiger partial charge >= 0.3 is 24.1 Å². The van der Waals surface area contributed by atoms with Crippen LogP contribution in [0.2, 0.25) is 0 Å². The van der Waals surface area contributed by atoms with Crippen LogP contribution in [0, 0.1) is 5.92 Å². The summed E-state index contributed by atoms with van der Waals surface area (Å²) in [5.74, 6) is -2.21. The Labute approximate surface area is 184 Å². The van der Waals surface area contributed by atoms with Crippen LogP contribution in [0.3, 0.4) is 0 Å². The number of carboxylic acids is 2. The molecule has 31 heavy (non-hydrogen) atoms. The van der Waals surface area contributed by atoms with Crippen LogP contribution in [-0.2, 0) is 19.1 Å². The lowest BCUT2D eigenvalue weighted by Crippen LogP contribution is -2.46. The quantitative estimate of drug-likeness (QED) is 0.596. The molecule has 3 atom stereocenters. The molecule has 2 amide bonds. The van der Waals surface area contributed by atoms with Gasteiger partial charge in [-0.15, -0.1) is 0 Å². The molecule has 1 rings (SSSR count). The number of carbonyl (C=O) groups is 4. The van der Waals surface area contributed by atoms with E-state index in [1.165, 1.54) is 4.90 Å². The number of carboxylic acid groups (broad SMARTS) is 2. The molecule has 0 unspecified atom stereocenters. The number of ether oxygens (including phenoxy) is 2. The van der Waals surface area contributed by atoms with Crippen LogP contribution < -0.4 is 5.32 Å². The van der Waals surface area contributed by atoms with E-state index in [0.717, 1.165) is 0 Å². The van der Waals surface area contributed by atoms with Crippen molar-refractivity contribution in [3.05, 3.63) is 0 Å². The molecular formula is C21H38N2O8. The van der Waals surface area contributed by atoms with Crippen molar-refractivity contribution in [1.29, 1.82) is 0 Å². The zero-order chi connectivity index (χ0) is 24.7. The molecule has 0 bridgehead atoms. The summed E-state index contributed by atoms with van der Waals surface area (Å²) in [6.07, 6.45) is -0.0418. The minimum atomic E-state index is -1.06. The van der Waals surface area contributed by atoms with Gasteiger partial charge in [-0.3, -0.25) is 4.90 Å². The molecule has 0 spiro atoms. The summed E-state index contributed by atoms with van der Waals surface area (Å²) in [6.45, 7) is 15.7. The summed E-state index contributed by atoms with van der Waals surface area (Å²) in [6, 6.07) is -1.74. The lowest BCUT2D eigenvalue weighted by Gasteiger charge is -2.29. The Morgan fingerprint density at radius 1 is 0.935 bits per heavy atom. The predicted octanol–water partition coefficient (Wildman–Crippen LogP) is 3.48. The molecule has 1 fully saturated rings. The van der Waals surface area contributed by atoms with Gasteiger partial charge in [0.1, 0.15) is 23.3 Å². The molecule has 0 radical (unpaired) electrons. The number of likely N-dealkylation sites (tertiary alicyclic amines) is 1. The van der Waals surface area contributed by atoms with E-state index in [9.17, 15) is 19.2 Å². The van der Waals surface area contributed by atoms with Crippen LogP contribution in [0.25, 0.3) is 0 Å². The molecule has 0 aromatic carbocycles. The predicted molar refractivity (Wildman–Crippen MR) is 114 cm³/mol. The zero-order valence-electron chi connectivity index (χ0n) is 20.0. The fourth-order valence-electron chi connectivity index (χ4n) is 2.80. The van der Waals surface area contributed by atoms with Crippen molar-refractivity contribution in [1.82, 2.24) is 10.2 Å². The number of aliphatic carboxylic acids is 2. The maximum absolute atomic E-state index is 11.8. The van der Waals surface area contributed by atoms with Crippen molar-refractivity contribution in [2.45, 2.75) is 104 Å². The third-order valence-corrected chi connectivity index (χ3v) is 4.16. The van der Waals surface area contributed by atoms with E-state index in [4.69, 9.17) is 19.7 Å². The number of alkyl carbamates (subject to hydrolysis) is 1. The van der Waals surface area contributed by atoms with Gasteiger partial charge in [0.05, 0.1) is 0 Å². The molecule has 0 saturated carbocycles. The summed E-state index contributed by atoms with van der Waals surface area (Å²) in [7, 11) is 0. The van der Waals surface area contributed by atoms with Crippen molar-refractivity contribution in [2.75, 3.05) is 0 Å². The van der Waals surface area contributed by atoms with Crippen molar-refractivity contribution in [3.8, 4) is 0 Å². The Balaban J connectivity index is 0.000000582. The van der Waals surface area contributed by atoms with E-state index in [-0.39, 0.29) is 12.0 Å². The Kier molecular flexibility index (Phi) is 10.3. The highest BCUT2D eigenvalue weighted by Gasteiger charge is 2.40. The summed E-state index contributed by atoms with van der Waals surface area (Å²) in [4.78, 5) is 46.2. The van der Waals surface area contributed by atoms with Gasteiger partial charge in [0.15, 0.2) is 0 Å². The molecular weight excluding hydrogens is 408 g/mol. The second-order valence-corrected chi connectivity index (χ2v) is 9.87. The molecule has 1 heterocycles. The van der Waals surface area contributed by atoms with Crippen LogP contribution in [0.5, 0.6) is 0 Å². The number of nitrogens with zero attached hydrogens (tertiary/aromatic N) is 1. The van der Waals surface area contributed by atoms with Gasteiger partial charge in [-0.2, -0.15) is 0 Å². The van der Waals surface area contributed by atoms with Gasteiger partial charge in [-0.1, -0.05) is 13.8 Å². The smallest absolute Gasteiger partial charge is 0.411 e. The molecule has 10 nitrogen and oxygen atoms in total. The zero-order valence-corrected chi connectivity index (χ0v) is 20.0. The Morgan fingerprint density at radius 2 is 1.42 bits per heavy atom. The topological polar surface area (TPSA) is 142 Å². The molecule has 0 aromatic heterocycles. The van der Waals surface area contributed by atoms with E-state index in [2.05, 4.69) is 5.32 Å². The van der Waals surface area contributed by atoms with Gasteiger partial charge in [-0.05, 0) is 67.2 Å². The highest BCUT2D eigenvalue weighted by Crippen LogP contribution is 2.26. The normalized spacial score (nSPS) is 19.7. The van der Waals surface area contributed by atoms with Crippen LogP contribution in [0.4, 0.5) is 9.59 Å². The third kappa shape index (κ3) is 10.9. The van der Waals surface area contributed by atoms with E-state index < -0.39 is 47.4 Å². The maximum Gasteiger partial charge on any atom is 0.411 e. The number of rotatable bonds is 4. The average molecular weight is 447 g/mol. The van der Waals surface area contributed by atoms with Crippen LogP contribution in [0.15, 0.2) is 0 Å². The minimum absolute atomic E-state index is 0.0732. The lowest BCUT2D eigenvalue weighted by atomic mass is 10.1. The molecule has 180 valence electrons. The molecule has 0 aromatic rings. The van der Waals surface area contributed by atoms with Crippen molar-refractivity contribution in [2.24, 2.45) is 5.92 Å². The van der Waals surface area contributed by atoms with Crippen LogP contribution in [0.1, 0.15) is 75.2 Å². The first-order valence-corrected chi connectivity index (χ1v) is 10.3. The number of hydrogen-bond donors (Lipinski definition) is 3. The lowest BCUT2D eigenvalue weighted by molar-refractivity contribution is -0.142. The SMILES string of the molecule is CC(C)[C@H](NC(=O)OC(C)(C)C)C(=O)O.C[C@H]1CC[C@@H](C(=O)O)N1C(=O)OC(C)(C)C. The number of carbonyl (C=O) groups excluding carboxylic acids is 2. The second-order valence-electron chi connectivity index (χ2n) is 9.87. The highest BCUT2D eigenvalue weighted by molar-refractivity contribution is 5.81. The average Bonchev–Trinajstić information content (AvgIpc) is 2.91. The first-order valence-electron chi connectivity index (χ1n) is 10.3. The number of hydrogen-bond acceptors (Lipinski definition) is 6. The van der Waals surface area contributed by atoms with E-state index >= 15 is 0 Å². The molecule has 3 N–H and O–H groups in total. The highest BCUT2D eigenvalue weighted by atomic mass is 16.6. The fourth-order valence-corrected chi connectivity index (χ4v) is 2.80. The number of nitrogens with one attached hydrogen (secondary N) is 1. The standard InChI is InChI=1S/C11H19NO4.C10H19NO4/c1-7-5-6-8(9(13)14)12(7)10(15)16-11(2,3)4;1-6(2)7(8(12)13)11-9(14)15-10(3,4)5/h7-8H,5-6H2,1-4H3,(H,13,14);6-7H,1-5H3,(H,11,14)(H,12,13)/t7-,8-;7-/m00/s1. The molecule has 1 aliphatic heterocycles. The van der Waals surface area contributed by atoms with E-state index in [1.807, 2.05) is 6.92 Å².